The van der Waals surface area contributed by atoms with Crippen LogP contribution >= 0.6 is 0 Å². The van der Waals surface area contributed by atoms with Crippen molar-refractivity contribution in [3.63, 3.8) is 0 Å². The summed E-state index contributed by atoms with van der Waals surface area (Å²) in [4.78, 5) is 17.0. The zero-order chi connectivity index (χ0) is 15.1. The van der Waals surface area contributed by atoms with E-state index in [1.807, 2.05) is 18.2 Å². The molecule has 5 nitrogen and oxygen atoms in total. The van der Waals surface area contributed by atoms with Crippen LogP contribution in [0.1, 0.15) is 16.8 Å². The number of rotatable bonds is 7. The molecule has 21 heavy (non-hydrogen) atoms. The molecule has 0 bridgehead atoms. The normalized spacial score (nSPS) is 10.1. The number of aromatic carboxylic acids is 1. The lowest BCUT2D eigenvalue weighted by atomic mass is 10.3. The van der Waals surface area contributed by atoms with Gasteiger partial charge in [-0.1, -0.05) is 18.2 Å². The van der Waals surface area contributed by atoms with E-state index >= 15 is 0 Å². The van der Waals surface area contributed by atoms with Crippen molar-refractivity contribution < 1.29 is 9.90 Å². The topological polar surface area (TPSA) is 65.5 Å². The zero-order valence-corrected chi connectivity index (χ0v) is 12.0. The van der Waals surface area contributed by atoms with E-state index in [0.717, 1.165) is 19.5 Å². The van der Waals surface area contributed by atoms with E-state index < -0.39 is 5.97 Å². The molecule has 0 aliphatic rings. The maximum absolute atomic E-state index is 10.7. The minimum Gasteiger partial charge on any atom is -0.478 e. The van der Waals surface area contributed by atoms with Crippen LogP contribution in [0.3, 0.4) is 0 Å². The summed E-state index contributed by atoms with van der Waals surface area (Å²) in [5.41, 5.74) is 1.39. The molecule has 0 fully saturated rings. The second-order valence-electron chi connectivity index (χ2n) is 4.77. The summed E-state index contributed by atoms with van der Waals surface area (Å²) in [5, 5.41) is 12.0. The number of carboxylic acids is 1. The molecule has 2 rings (SSSR count). The number of pyridine rings is 1. The van der Waals surface area contributed by atoms with Crippen LogP contribution in [-0.2, 0) is 0 Å². The Morgan fingerprint density at radius 3 is 2.62 bits per heavy atom. The van der Waals surface area contributed by atoms with Crippen LogP contribution in [-0.4, -0.2) is 36.2 Å². The highest BCUT2D eigenvalue weighted by molar-refractivity contribution is 5.87. The molecule has 1 aromatic heterocycles. The Hall–Kier alpha value is -2.56. The predicted octanol–water partition coefficient (Wildman–Crippen LogP) is 2.72. The predicted molar refractivity (Wildman–Crippen MR) is 84.0 cm³/mol. The van der Waals surface area contributed by atoms with Gasteiger partial charge < -0.3 is 15.3 Å². The minimum absolute atomic E-state index is 0.198. The Kier molecular flexibility index (Phi) is 5.15. The molecule has 1 heterocycles. The van der Waals surface area contributed by atoms with Crippen LogP contribution in [0, 0.1) is 0 Å². The maximum atomic E-state index is 10.7. The monoisotopic (exact) mass is 285 g/mol. The number of anilines is 2. The quantitative estimate of drug-likeness (QED) is 0.766. The maximum Gasteiger partial charge on any atom is 0.337 e. The molecule has 0 atom stereocenters. The molecule has 0 radical (unpaired) electrons. The van der Waals surface area contributed by atoms with Gasteiger partial charge in [0.15, 0.2) is 0 Å². The molecule has 2 aromatic rings. The summed E-state index contributed by atoms with van der Waals surface area (Å²) < 4.78 is 0. The lowest BCUT2D eigenvalue weighted by Gasteiger charge is -2.19. The Morgan fingerprint density at radius 2 is 2.00 bits per heavy atom. The summed E-state index contributed by atoms with van der Waals surface area (Å²) in [7, 11) is 2.06. The first kappa shape index (κ1) is 14.8. The van der Waals surface area contributed by atoms with Gasteiger partial charge in [0.25, 0.3) is 0 Å². The van der Waals surface area contributed by atoms with Crippen LogP contribution in [0.2, 0.25) is 0 Å². The van der Waals surface area contributed by atoms with Gasteiger partial charge in [0.05, 0.1) is 5.56 Å². The molecule has 0 saturated heterocycles. The van der Waals surface area contributed by atoms with Crippen LogP contribution < -0.4 is 10.2 Å². The first-order chi connectivity index (χ1) is 10.2. The molecular formula is C16H19N3O2. The minimum atomic E-state index is -0.960. The van der Waals surface area contributed by atoms with Gasteiger partial charge in [-0.25, -0.2) is 9.78 Å². The molecule has 5 heteroatoms. The van der Waals surface area contributed by atoms with Crippen molar-refractivity contribution in [3.05, 3.63) is 54.2 Å². The van der Waals surface area contributed by atoms with Crippen LogP contribution in [0.25, 0.3) is 0 Å². The van der Waals surface area contributed by atoms with Gasteiger partial charge in [-0.3, -0.25) is 0 Å². The van der Waals surface area contributed by atoms with Crippen molar-refractivity contribution in [2.75, 3.05) is 30.4 Å². The van der Waals surface area contributed by atoms with Crippen LogP contribution in [0.4, 0.5) is 11.5 Å². The van der Waals surface area contributed by atoms with Gasteiger partial charge in [-0.05, 0) is 30.7 Å². The van der Waals surface area contributed by atoms with Crippen molar-refractivity contribution in [2.24, 2.45) is 0 Å². The highest BCUT2D eigenvalue weighted by Crippen LogP contribution is 2.11. The number of carboxylic acid groups (broad SMARTS) is 1. The first-order valence-corrected chi connectivity index (χ1v) is 6.86. The van der Waals surface area contributed by atoms with Gasteiger partial charge in [0, 0.05) is 32.0 Å². The van der Waals surface area contributed by atoms with Gasteiger partial charge in [0.1, 0.15) is 5.82 Å². The van der Waals surface area contributed by atoms with Crippen LogP contribution in [0.5, 0.6) is 0 Å². The van der Waals surface area contributed by atoms with Gasteiger partial charge in [-0.15, -0.1) is 0 Å². The van der Waals surface area contributed by atoms with E-state index in [4.69, 9.17) is 5.11 Å². The average Bonchev–Trinajstić information content (AvgIpc) is 2.52. The molecule has 2 N–H and O–H groups in total. The first-order valence-electron chi connectivity index (χ1n) is 6.86. The highest BCUT2D eigenvalue weighted by Gasteiger charge is 2.03. The Balaban J connectivity index is 1.73. The van der Waals surface area contributed by atoms with E-state index in [0.29, 0.717) is 5.82 Å². The molecule has 1 aromatic carbocycles. The molecule has 0 unspecified atom stereocenters. The second kappa shape index (κ2) is 7.28. The number of hydrogen-bond donors (Lipinski definition) is 2. The second-order valence-corrected chi connectivity index (χ2v) is 4.77. The van der Waals surface area contributed by atoms with Crippen molar-refractivity contribution in [1.29, 1.82) is 0 Å². The standard InChI is InChI=1S/C16H19N3O2/c1-19(14-6-3-2-4-7-14)11-5-10-17-15-9-8-13(12-18-15)16(20)21/h2-4,6-9,12H,5,10-11H2,1H3,(H,17,18)(H,20,21). The Labute approximate surface area is 124 Å². The number of para-hydroxylation sites is 1. The smallest absolute Gasteiger partial charge is 0.337 e. The van der Waals surface area contributed by atoms with Crippen molar-refractivity contribution >= 4 is 17.5 Å². The van der Waals surface area contributed by atoms with E-state index in [-0.39, 0.29) is 5.56 Å². The molecule has 0 spiro atoms. The fraction of sp³-hybridized carbons (Fsp3) is 0.250. The average molecular weight is 285 g/mol. The molecule has 110 valence electrons. The van der Waals surface area contributed by atoms with Crippen molar-refractivity contribution in [1.82, 2.24) is 4.98 Å². The largest absolute Gasteiger partial charge is 0.478 e. The number of nitrogens with one attached hydrogen (secondary N) is 1. The SMILES string of the molecule is CN(CCCNc1ccc(C(=O)O)cn1)c1ccccc1. The van der Waals surface area contributed by atoms with Gasteiger partial charge in [-0.2, -0.15) is 0 Å². The third-order valence-corrected chi connectivity index (χ3v) is 3.18. The molecule has 0 aliphatic heterocycles. The fourth-order valence-electron chi connectivity index (χ4n) is 1.97. The third kappa shape index (κ3) is 4.49. The summed E-state index contributed by atoms with van der Waals surface area (Å²) in [6, 6.07) is 13.5. The van der Waals surface area contributed by atoms with Crippen molar-refractivity contribution in [3.8, 4) is 0 Å². The number of aromatic nitrogens is 1. The Bertz CT molecular complexity index is 570. The fourth-order valence-corrected chi connectivity index (χ4v) is 1.97. The number of nitrogens with zero attached hydrogens (tertiary/aromatic N) is 2. The van der Waals surface area contributed by atoms with E-state index in [2.05, 4.69) is 34.4 Å². The molecule has 0 saturated carbocycles. The van der Waals surface area contributed by atoms with E-state index in [9.17, 15) is 4.79 Å². The van der Waals surface area contributed by atoms with Gasteiger partial charge >= 0.3 is 5.97 Å². The van der Waals surface area contributed by atoms with E-state index in [1.165, 1.54) is 11.9 Å². The lowest BCUT2D eigenvalue weighted by molar-refractivity contribution is 0.0696. The van der Waals surface area contributed by atoms with Crippen LogP contribution in [0.15, 0.2) is 48.7 Å². The zero-order valence-electron chi connectivity index (χ0n) is 12.0. The third-order valence-electron chi connectivity index (χ3n) is 3.18. The molecular weight excluding hydrogens is 266 g/mol. The highest BCUT2D eigenvalue weighted by atomic mass is 16.4. The van der Waals surface area contributed by atoms with Crippen molar-refractivity contribution in [2.45, 2.75) is 6.42 Å². The van der Waals surface area contributed by atoms with Gasteiger partial charge in [0.2, 0.25) is 0 Å². The lowest BCUT2D eigenvalue weighted by Crippen LogP contribution is -2.20. The molecule has 0 amide bonds. The molecule has 0 aliphatic carbocycles. The number of carbonyl (C=O) groups is 1. The van der Waals surface area contributed by atoms with E-state index in [1.54, 1.807) is 12.1 Å². The number of benzene rings is 1. The summed E-state index contributed by atoms with van der Waals surface area (Å²) in [6.07, 6.45) is 2.33. The summed E-state index contributed by atoms with van der Waals surface area (Å²) in [5.74, 6) is -0.263. The summed E-state index contributed by atoms with van der Waals surface area (Å²) >= 11 is 0. The Morgan fingerprint density at radius 1 is 1.24 bits per heavy atom. The number of hydrogen-bond acceptors (Lipinski definition) is 4. The summed E-state index contributed by atoms with van der Waals surface area (Å²) in [6.45, 7) is 1.72.